The number of benzene rings is 2. The monoisotopic (exact) mass is 412 g/mol. The second-order valence-corrected chi connectivity index (χ2v) is 6.18. The Morgan fingerprint density at radius 1 is 1.00 bits per heavy atom. The van der Waals surface area contributed by atoms with Crippen LogP contribution in [0.25, 0.3) is 0 Å². The van der Waals surface area contributed by atoms with Crippen LogP contribution in [-0.2, 0) is 6.42 Å². The lowest BCUT2D eigenvalue weighted by Crippen LogP contribution is -2.05. The summed E-state index contributed by atoms with van der Waals surface area (Å²) < 4.78 is 12.1. The molecule has 2 aromatic carbocycles. The fourth-order valence-corrected chi connectivity index (χ4v) is 2.76. The zero-order valence-corrected chi connectivity index (χ0v) is 14.8. The van der Waals surface area contributed by atoms with E-state index >= 15 is 0 Å². The summed E-state index contributed by atoms with van der Waals surface area (Å²) in [5, 5.41) is 0. The van der Waals surface area contributed by atoms with Gasteiger partial charge in [0.15, 0.2) is 17.3 Å². The maximum absolute atomic E-state index is 12.4. The fourth-order valence-electron chi connectivity index (χ4n) is 1.95. The lowest BCUT2D eigenvalue weighted by Gasteiger charge is -2.11. The molecule has 0 amide bonds. The molecule has 0 saturated heterocycles. The Hall–Kier alpha value is -1.33. The Labute approximate surface area is 140 Å². The van der Waals surface area contributed by atoms with E-state index in [9.17, 15) is 4.79 Å². The molecule has 110 valence electrons. The van der Waals surface area contributed by atoms with Crippen LogP contribution in [0.3, 0.4) is 0 Å². The van der Waals surface area contributed by atoms with E-state index < -0.39 is 0 Å². The standard InChI is InChI=1S/C16H14Br2O3/c1-20-15-8-12(13(18)9-16(15)21-2)14(19)7-10-3-5-11(17)6-4-10/h3-6,8-9H,7H2,1-2H3. The van der Waals surface area contributed by atoms with Gasteiger partial charge in [0, 0.05) is 20.9 Å². The van der Waals surface area contributed by atoms with Gasteiger partial charge < -0.3 is 9.47 Å². The smallest absolute Gasteiger partial charge is 0.168 e. The van der Waals surface area contributed by atoms with Gasteiger partial charge >= 0.3 is 0 Å². The first kappa shape index (κ1) is 16.0. The second-order valence-electron chi connectivity index (χ2n) is 4.41. The minimum atomic E-state index is 0.0187. The zero-order valence-electron chi connectivity index (χ0n) is 11.7. The number of halogens is 2. The summed E-state index contributed by atoms with van der Waals surface area (Å²) in [6.07, 6.45) is 0.335. The molecule has 0 unspecified atom stereocenters. The number of methoxy groups -OCH3 is 2. The quantitative estimate of drug-likeness (QED) is 0.669. The summed E-state index contributed by atoms with van der Waals surface area (Å²) in [7, 11) is 3.11. The average molecular weight is 414 g/mol. The maximum atomic E-state index is 12.4. The molecule has 21 heavy (non-hydrogen) atoms. The number of ether oxygens (including phenoxy) is 2. The van der Waals surface area contributed by atoms with Crippen molar-refractivity contribution < 1.29 is 14.3 Å². The zero-order chi connectivity index (χ0) is 15.4. The van der Waals surface area contributed by atoms with Crippen LogP contribution < -0.4 is 9.47 Å². The Balaban J connectivity index is 2.28. The van der Waals surface area contributed by atoms with Crippen LogP contribution in [-0.4, -0.2) is 20.0 Å². The summed E-state index contributed by atoms with van der Waals surface area (Å²) >= 11 is 6.79. The number of Topliss-reactive ketones (excluding diaryl/α,β-unsaturated/α-hetero) is 1. The highest BCUT2D eigenvalue weighted by molar-refractivity contribution is 9.10. The van der Waals surface area contributed by atoms with Gasteiger partial charge in [-0.1, -0.05) is 28.1 Å². The van der Waals surface area contributed by atoms with Crippen LogP contribution in [0.5, 0.6) is 11.5 Å². The summed E-state index contributed by atoms with van der Waals surface area (Å²) in [6, 6.07) is 11.1. The number of carbonyl (C=O) groups is 1. The van der Waals surface area contributed by atoms with Crippen LogP contribution in [0.1, 0.15) is 15.9 Å². The number of hydrogen-bond acceptors (Lipinski definition) is 3. The van der Waals surface area contributed by atoms with Gasteiger partial charge in [0.1, 0.15) is 0 Å². The summed E-state index contributed by atoms with van der Waals surface area (Å²) in [5.41, 5.74) is 1.54. The molecule has 0 aliphatic carbocycles. The highest BCUT2D eigenvalue weighted by atomic mass is 79.9. The Bertz CT molecular complexity index is 651. The fraction of sp³-hybridized carbons (Fsp3) is 0.188. The summed E-state index contributed by atoms with van der Waals surface area (Å²) in [6.45, 7) is 0. The molecule has 0 aliphatic heterocycles. The molecule has 5 heteroatoms. The van der Waals surface area contributed by atoms with Gasteiger partial charge in [-0.05, 0) is 45.8 Å². The SMILES string of the molecule is COc1cc(Br)c(C(=O)Cc2ccc(Br)cc2)cc1OC. The summed E-state index contributed by atoms with van der Waals surface area (Å²) in [5.74, 6) is 1.15. The average Bonchev–Trinajstić information content (AvgIpc) is 2.49. The topological polar surface area (TPSA) is 35.5 Å². The molecular formula is C16H14Br2O3. The molecule has 2 rings (SSSR count). The van der Waals surface area contributed by atoms with Crippen molar-refractivity contribution in [3.05, 3.63) is 56.5 Å². The highest BCUT2D eigenvalue weighted by Gasteiger charge is 2.15. The van der Waals surface area contributed by atoms with Gasteiger partial charge in [0.05, 0.1) is 14.2 Å². The van der Waals surface area contributed by atoms with E-state index in [1.807, 2.05) is 24.3 Å². The van der Waals surface area contributed by atoms with Crippen molar-refractivity contribution in [1.29, 1.82) is 0 Å². The van der Waals surface area contributed by atoms with E-state index in [-0.39, 0.29) is 5.78 Å². The van der Waals surface area contributed by atoms with Crippen molar-refractivity contribution >= 4 is 37.6 Å². The van der Waals surface area contributed by atoms with Crippen LogP contribution in [0, 0.1) is 0 Å². The molecule has 0 aromatic heterocycles. The lowest BCUT2D eigenvalue weighted by atomic mass is 10.0. The number of hydrogen-bond donors (Lipinski definition) is 0. The van der Waals surface area contributed by atoms with Crippen molar-refractivity contribution in [3.63, 3.8) is 0 Å². The van der Waals surface area contributed by atoms with E-state index in [2.05, 4.69) is 31.9 Å². The minimum Gasteiger partial charge on any atom is -0.493 e. The van der Waals surface area contributed by atoms with Crippen molar-refractivity contribution in [3.8, 4) is 11.5 Å². The first-order chi connectivity index (χ1) is 10.0. The molecule has 0 heterocycles. The predicted octanol–water partition coefficient (Wildman–Crippen LogP) is 4.65. The van der Waals surface area contributed by atoms with E-state index in [4.69, 9.17) is 9.47 Å². The molecule has 0 aliphatic rings. The molecule has 2 aromatic rings. The Morgan fingerprint density at radius 3 is 2.14 bits per heavy atom. The maximum Gasteiger partial charge on any atom is 0.168 e. The normalized spacial score (nSPS) is 10.3. The number of carbonyl (C=O) groups excluding carboxylic acids is 1. The molecule has 0 saturated carbocycles. The van der Waals surface area contributed by atoms with Crippen molar-refractivity contribution in [2.75, 3.05) is 14.2 Å². The Morgan fingerprint density at radius 2 is 1.57 bits per heavy atom. The number of rotatable bonds is 5. The predicted molar refractivity (Wildman–Crippen MR) is 89.4 cm³/mol. The third-order valence-electron chi connectivity index (χ3n) is 3.05. The first-order valence-electron chi connectivity index (χ1n) is 6.24. The van der Waals surface area contributed by atoms with E-state index in [0.717, 1.165) is 10.0 Å². The molecule has 0 fully saturated rings. The van der Waals surface area contributed by atoms with Gasteiger partial charge in [-0.3, -0.25) is 4.79 Å². The van der Waals surface area contributed by atoms with Gasteiger partial charge in [-0.25, -0.2) is 0 Å². The van der Waals surface area contributed by atoms with Gasteiger partial charge in [-0.15, -0.1) is 0 Å². The van der Waals surface area contributed by atoms with E-state index in [0.29, 0.717) is 28.0 Å². The second kappa shape index (κ2) is 7.09. The molecule has 0 atom stereocenters. The van der Waals surface area contributed by atoms with Gasteiger partial charge in [-0.2, -0.15) is 0 Å². The van der Waals surface area contributed by atoms with Crippen molar-refractivity contribution in [2.24, 2.45) is 0 Å². The number of ketones is 1. The minimum absolute atomic E-state index is 0.0187. The van der Waals surface area contributed by atoms with Crippen LogP contribution >= 0.6 is 31.9 Å². The summed E-state index contributed by atoms with van der Waals surface area (Å²) in [4.78, 5) is 12.4. The molecule has 0 spiro atoms. The highest BCUT2D eigenvalue weighted by Crippen LogP contribution is 2.33. The third-order valence-corrected chi connectivity index (χ3v) is 4.24. The van der Waals surface area contributed by atoms with Crippen LogP contribution in [0.4, 0.5) is 0 Å². The van der Waals surface area contributed by atoms with Crippen molar-refractivity contribution in [1.82, 2.24) is 0 Å². The van der Waals surface area contributed by atoms with Crippen LogP contribution in [0.15, 0.2) is 45.3 Å². The lowest BCUT2D eigenvalue weighted by molar-refractivity contribution is 0.0992. The van der Waals surface area contributed by atoms with E-state index in [1.165, 1.54) is 0 Å². The largest absolute Gasteiger partial charge is 0.493 e. The molecule has 3 nitrogen and oxygen atoms in total. The molecular weight excluding hydrogens is 400 g/mol. The molecule has 0 bridgehead atoms. The van der Waals surface area contributed by atoms with Crippen molar-refractivity contribution in [2.45, 2.75) is 6.42 Å². The first-order valence-corrected chi connectivity index (χ1v) is 7.83. The third kappa shape index (κ3) is 3.86. The Kier molecular flexibility index (Phi) is 5.42. The van der Waals surface area contributed by atoms with Crippen LogP contribution in [0.2, 0.25) is 0 Å². The van der Waals surface area contributed by atoms with Gasteiger partial charge in [0.2, 0.25) is 0 Å². The van der Waals surface area contributed by atoms with E-state index in [1.54, 1.807) is 26.4 Å². The van der Waals surface area contributed by atoms with Gasteiger partial charge in [0.25, 0.3) is 0 Å². The molecule has 0 N–H and O–H groups in total. The molecule has 0 radical (unpaired) electrons.